The fourth-order valence-electron chi connectivity index (χ4n) is 2.80. The van der Waals surface area contributed by atoms with Gasteiger partial charge in [0.1, 0.15) is 18.1 Å². The van der Waals surface area contributed by atoms with Gasteiger partial charge in [-0.05, 0) is 36.8 Å². The van der Waals surface area contributed by atoms with Crippen molar-refractivity contribution >= 4 is 23.6 Å². The van der Waals surface area contributed by atoms with Crippen LogP contribution in [0.25, 0.3) is 0 Å². The Morgan fingerprint density at radius 1 is 0.969 bits per heavy atom. The lowest BCUT2D eigenvalue weighted by Crippen LogP contribution is -2.43. The van der Waals surface area contributed by atoms with Crippen LogP contribution < -0.4 is 20.3 Å². The van der Waals surface area contributed by atoms with Gasteiger partial charge in [0.15, 0.2) is 11.0 Å². The second kappa shape index (κ2) is 11.8. The highest BCUT2D eigenvalue weighted by Gasteiger charge is 2.14. The van der Waals surface area contributed by atoms with E-state index in [-0.39, 0.29) is 30.6 Å². The standard InChI is InChI=1S/C22H25N5O4S/c1-3-27-19(14-31-18-11-9-17(30-2)10-12-18)23-26-22(27)32-15-21(29)25-24-20(28)13-16-7-5-4-6-8-16/h4-12H,3,13-15H2,1-2H3,(H,24,28)(H,25,29). The Labute approximate surface area is 190 Å². The topological polar surface area (TPSA) is 107 Å². The highest BCUT2D eigenvalue weighted by molar-refractivity contribution is 7.99. The quantitative estimate of drug-likeness (QED) is 0.357. The number of nitrogens with zero attached hydrogens (tertiary/aromatic N) is 3. The van der Waals surface area contributed by atoms with Crippen molar-refractivity contribution in [2.24, 2.45) is 0 Å². The first-order valence-corrected chi connectivity index (χ1v) is 11.0. The molecule has 0 unspecified atom stereocenters. The minimum Gasteiger partial charge on any atom is -0.497 e. The van der Waals surface area contributed by atoms with E-state index in [1.54, 1.807) is 7.11 Å². The van der Waals surface area contributed by atoms with Crippen LogP contribution in [0.2, 0.25) is 0 Å². The average molecular weight is 456 g/mol. The molecule has 9 nitrogen and oxygen atoms in total. The summed E-state index contributed by atoms with van der Waals surface area (Å²) < 4.78 is 12.8. The summed E-state index contributed by atoms with van der Waals surface area (Å²) in [5.41, 5.74) is 5.72. The Bertz CT molecular complexity index is 1020. The number of hydrogen-bond donors (Lipinski definition) is 2. The highest BCUT2D eigenvalue weighted by Crippen LogP contribution is 2.20. The molecular weight excluding hydrogens is 430 g/mol. The van der Waals surface area contributed by atoms with Crippen LogP contribution in [0.15, 0.2) is 59.8 Å². The SMILES string of the molecule is CCn1c(COc2ccc(OC)cc2)nnc1SCC(=O)NNC(=O)Cc1ccccc1. The number of hydrazine groups is 1. The Balaban J connectivity index is 1.45. The lowest BCUT2D eigenvalue weighted by molar-refractivity contribution is -0.127. The van der Waals surface area contributed by atoms with Crippen molar-refractivity contribution in [1.29, 1.82) is 0 Å². The molecule has 1 heterocycles. The van der Waals surface area contributed by atoms with Crippen molar-refractivity contribution in [3.63, 3.8) is 0 Å². The van der Waals surface area contributed by atoms with Gasteiger partial charge >= 0.3 is 0 Å². The fourth-order valence-corrected chi connectivity index (χ4v) is 3.62. The summed E-state index contributed by atoms with van der Waals surface area (Å²) >= 11 is 1.24. The predicted molar refractivity (Wildman–Crippen MR) is 120 cm³/mol. The van der Waals surface area contributed by atoms with Gasteiger partial charge in [-0.15, -0.1) is 10.2 Å². The summed E-state index contributed by atoms with van der Waals surface area (Å²) in [4.78, 5) is 24.0. The molecule has 32 heavy (non-hydrogen) atoms. The van der Waals surface area contributed by atoms with Crippen LogP contribution >= 0.6 is 11.8 Å². The second-order valence-electron chi connectivity index (χ2n) is 6.65. The minimum absolute atomic E-state index is 0.0864. The summed E-state index contributed by atoms with van der Waals surface area (Å²) in [6, 6.07) is 16.6. The van der Waals surface area contributed by atoms with Crippen LogP contribution in [0.4, 0.5) is 0 Å². The molecule has 0 aliphatic heterocycles. The predicted octanol–water partition coefficient (Wildman–Crippen LogP) is 2.37. The molecule has 0 fully saturated rings. The third kappa shape index (κ3) is 6.74. The normalized spacial score (nSPS) is 10.4. The molecule has 0 aliphatic rings. The Morgan fingerprint density at radius 3 is 2.34 bits per heavy atom. The van der Waals surface area contributed by atoms with Crippen molar-refractivity contribution in [2.75, 3.05) is 12.9 Å². The molecule has 0 saturated carbocycles. The van der Waals surface area contributed by atoms with Gasteiger partial charge in [-0.2, -0.15) is 0 Å². The van der Waals surface area contributed by atoms with Gasteiger partial charge in [0.2, 0.25) is 11.8 Å². The number of thioether (sulfide) groups is 1. The van der Waals surface area contributed by atoms with Crippen molar-refractivity contribution in [3.8, 4) is 11.5 Å². The number of carbonyl (C=O) groups excluding carboxylic acids is 2. The number of methoxy groups -OCH3 is 1. The van der Waals surface area contributed by atoms with E-state index < -0.39 is 0 Å². The Morgan fingerprint density at radius 2 is 1.66 bits per heavy atom. The van der Waals surface area contributed by atoms with Crippen LogP contribution in [0.1, 0.15) is 18.3 Å². The maximum absolute atomic E-state index is 12.1. The molecule has 0 atom stereocenters. The lowest BCUT2D eigenvalue weighted by atomic mass is 10.1. The van der Waals surface area contributed by atoms with Crippen molar-refractivity contribution in [3.05, 3.63) is 66.0 Å². The molecular formula is C22H25N5O4S. The summed E-state index contributed by atoms with van der Waals surface area (Å²) in [7, 11) is 1.61. The van der Waals surface area contributed by atoms with Crippen LogP contribution in [-0.4, -0.2) is 39.4 Å². The number of hydrogen-bond acceptors (Lipinski definition) is 7. The number of rotatable bonds is 10. The first kappa shape index (κ1) is 23.1. The maximum Gasteiger partial charge on any atom is 0.248 e. The monoisotopic (exact) mass is 455 g/mol. The molecule has 0 aliphatic carbocycles. The van der Waals surface area contributed by atoms with Gasteiger partial charge in [-0.25, -0.2) is 0 Å². The largest absolute Gasteiger partial charge is 0.497 e. The number of nitrogens with one attached hydrogen (secondary N) is 2. The molecule has 0 spiro atoms. The maximum atomic E-state index is 12.1. The van der Waals surface area contributed by atoms with E-state index in [1.165, 1.54) is 11.8 Å². The van der Waals surface area contributed by atoms with E-state index in [0.717, 1.165) is 11.3 Å². The van der Waals surface area contributed by atoms with Gasteiger partial charge in [0.25, 0.3) is 0 Å². The van der Waals surface area contributed by atoms with Crippen LogP contribution in [-0.2, 0) is 29.2 Å². The average Bonchev–Trinajstić information content (AvgIpc) is 3.22. The zero-order valence-electron chi connectivity index (χ0n) is 17.9. The van der Waals surface area contributed by atoms with E-state index in [4.69, 9.17) is 9.47 Å². The summed E-state index contributed by atoms with van der Waals surface area (Å²) in [5.74, 6) is 1.56. The summed E-state index contributed by atoms with van der Waals surface area (Å²) in [5, 5.41) is 8.94. The number of amides is 2. The number of carbonyl (C=O) groups is 2. The smallest absolute Gasteiger partial charge is 0.248 e. The molecule has 2 amide bonds. The van der Waals surface area contributed by atoms with E-state index >= 15 is 0 Å². The molecule has 0 saturated heterocycles. The molecule has 3 aromatic rings. The van der Waals surface area contributed by atoms with Gasteiger partial charge in [0, 0.05) is 6.54 Å². The Kier molecular flexibility index (Phi) is 8.50. The van der Waals surface area contributed by atoms with Gasteiger partial charge in [-0.1, -0.05) is 42.1 Å². The lowest BCUT2D eigenvalue weighted by Gasteiger charge is -2.10. The molecule has 168 valence electrons. The van der Waals surface area contributed by atoms with Crippen LogP contribution in [0.5, 0.6) is 11.5 Å². The van der Waals surface area contributed by atoms with Crippen molar-refractivity contribution in [2.45, 2.75) is 31.7 Å². The van der Waals surface area contributed by atoms with Crippen LogP contribution in [0.3, 0.4) is 0 Å². The molecule has 2 aromatic carbocycles. The third-order valence-corrected chi connectivity index (χ3v) is 5.39. The molecule has 3 rings (SSSR count). The highest BCUT2D eigenvalue weighted by atomic mass is 32.2. The fraction of sp³-hybridized carbons (Fsp3) is 0.273. The zero-order chi connectivity index (χ0) is 22.8. The minimum atomic E-state index is -0.335. The van der Waals surface area contributed by atoms with Gasteiger partial charge < -0.3 is 14.0 Å². The first-order valence-electron chi connectivity index (χ1n) is 10.0. The van der Waals surface area contributed by atoms with E-state index in [2.05, 4.69) is 21.0 Å². The molecule has 0 radical (unpaired) electrons. The van der Waals surface area contributed by atoms with Gasteiger partial charge in [0.05, 0.1) is 19.3 Å². The van der Waals surface area contributed by atoms with Gasteiger partial charge in [-0.3, -0.25) is 20.4 Å². The molecule has 0 bridgehead atoms. The van der Waals surface area contributed by atoms with E-state index in [1.807, 2.05) is 66.1 Å². The number of ether oxygens (including phenoxy) is 2. The summed E-state index contributed by atoms with van der Waals surface area (Å²) in [6.07, 6.45) is 0.190. The molecule has 1 aromatic heterocycles. The van der Waals surface area contributed by atoms with Crippen LogP contribution in [0, 0.1) is 0 Å². The molecule has 10 heteroatoms. The third-order valence-electron chi connectivity index (χ3n) is 4.42. The van der Waals surface area contributed by atoms with Crippen molar-refractivity contribution in [1.82, 2.24) is 25.6 Å². The summed E-state index contributed by atoms with van der Waals surface area (Å²) in [6.45, 7) is 2.84. The molecule has 2 N–H and O–H groups in total. The first-order chi connectivity index (χ1) is 15.6. The Hall–Kier alpha value is -3.53. The van der Waals surface area contributed by atoms with E-state index in [9.17, 15) is 9.59 Å². The number of benzene rings is 2. The number of aromatic nitrogens is 3. The van der Waals surface area contributed by atoms with E-state index in [0.29, 0.717) is 23.3 Å². The van der Waals surface area contributed by atoms with Crippen molar-refractivity contribution < 1.29 is 19.1 Å². The second-order valence-corrected chi connectivity index (χ2v) is 7.60. The zero-order valence-corrected chi connectivity index (χ0v) is 18.7.